The highest BCUT2D eigenvalue weighted by atomic mass is 19.4. The van der Waals surface area contributed by atoms with Crippen LogP contribution in [0.5, 0.6) is 5.75 Å². The molecule has 0 saturated carbocycles. The first kappa shape index (κ1) is 18.7. The van der Waals surface area contributed by atoms with Gasteiger partial charge in [0.15, 0.2) is 11.9 Å². The zero-order chi connectivity index (χ0) is 19.9. The van der Waals surface area contributed by atoms with Crippen LogP contribution in [-0.4, -0.2) is 29.4 Å². The summed E-state index contributed by atoms with van der Waals surface area (Å²) in [5.74, 6) is -0.447. The molecular formula is C18H15F3N2O4. The summed E-state index contributed by atoms with van der Waals surface area (Å²) in [6, 6.07) is 5.80. The molecule has 2 heterocycles. The molecule has 0 saturated heterocycles. The molecule has 2 aromatic rings. The first-order valence-electron chi connectivity index (χ1n) is 7.97. The number of ketones is 1. The molecule has 1 aliphatic rings. The maximum Gasteiger partial charge on any atom is 0.417 e. The van der Waals surface area contributed by atoms with Crippen LogP contribution in [0.3, 0.4) is 0 Å². The molecule has 9 heteroatoms. The first-order chi connectivity index (χ1) is 12.6. The van der Waals surface area contributed by atoms with Crippen LogP contribution in [0, 0.1) is 0 Å². The van der Waals surface area contributed by atoms with Gasteiger partial charge in [-0.25, -0.2) is 0 Å². The van der Waals surface area contributed by atoms with E-state index in [0.29, 0.717) is 28.3 Å². The number of ether oxygens (including phenoxy) is 1. The Morgan fingerprint density at radius 3 is 2.56 bits per heavy atom. The summed E-state index contributed by atoms with van der Waals surface area (Å²) in [5, 5.41) is 0. The van der Waals surface area contributed by atoms with E-state index in [9.17, 15) is 27.6 Å². The van der Waals surface area contributed by atoms with Crippen molar-refractivity contribution in [2.24, 2.45) is 0 Å². The van der Waals surface area contributed by atoms with Gasteiger partial charge in [-0.15, -0.1) is 0 Å². The lowest BCUT2D eigenvalue weighted by molar-refractivity contribution is -0.138. The number of fused-ring (bicyclic) bond motifs is 1. The first-order valence-corrected chi connectivity index (χ1v) is 7.97. The average molecular weight is 380 g/mol. The Labute approximate surface area is 151 Å². The van der Waals surface area contributed by atoms with Gasteiger partial charge in [0.1, 0.15) is 5.75 Å². The summed E-state index contributed by atoms with van der Waals surface area (Å²) in [7, 11) is 1.53. The van der Waals surface area contributed by atoms with Crippen molar-refractivity contribution >= 4 is 17.4 Å². The molecule has 1 atom stereocenters. The van der Waals surface area contributed by atoms with Gasteiger partial charge in [0.05, 0.1) is 17.8 Å². The quantitative estimate of drug-likeness (QED) is 0.768. The van der Waals surface area contributed by atoms with Crippen LogP contribution in [0.25, 0.3) is 0 Å². The number of carbonyl (C=O) groups excluding carboxylic acids is 2. The molecule has 0 fully saturated rings. The Hall–Kier alpha value is -3.10. The van der Waals surface area contributed by atoms with Crippen molar-refractivity contribution in [2.75, 3.05) is 11.9 Å². The number of hydrogen-bond donors (Lipinski definition) is 0. The average Bonchev–Trinajstić information content (AvgIpc) is 2.60. The number of benzene rings is 1. The number of alkyl halides is 3. The van der Waals surface area contributed by atoms with E-state index in [1.54, 1.807) is 6.92 Å². The number of aromatic nitrogens is 1. The van der Waals surface area contributed by atoms with Crippen molar-refractivity contribution in [2.45, 2.75) is 25.7 Å². The summed E-state index contributed by atoms with van der Waals surface area (Å²) in [6.45, 7) is 1.04. The van der Waals surface area contributed by atoms with E-state index in [0.717, 1.165) is 6.07 Å². The third kappa shape index (κ3) is 3.57. The zero-order valence-electron chi connectivity index (χ0n) is 14.4. The minimum atomic E-state index is -4.62. The summed E-state index contributed by atoms with van der Waals surface area (Å²) in [5.41, 5.74) is -1.22. The topological polar surface area (TPSA) is 68.6 Å². The molecule has 0 aliphatic carbocycles. The second kappa shape index (κ2) is 6.57. The number of anilines is 1. The lowest BCUT2D eigenvalue weighted by Gasteiger charge is -2.30. The van der Waals surface area contributed by atoms with Crippen LogP contribution < -0.4 is 15.2 Å². The predicted molar refractivity (Wildman–Crippen MR) is 90.0 cm³/mol. The number of nitrogens with zero attached hydrogens (tertiary/aromatic N) is 2. The minimum absolute atomic E-state index is 0.149. The van der Waals surface area contributed by atoms with Gasteiger partial charge in [0.25, 0.3) is 11.5 Å². The molecule has 1 unspecified atom stereocenters. The van der Waals surface area contributed by atoms with Gasteiger partial charge in [-0.05, 0) is 31.2 Å². The molecule has 0 spiro atoms. The van der Waals surface area contributed by atoms with E-state index >= 15 is 0 Å². The van der Waals surface area contributed by atoms with Gasteiger partial charge in [-0.3, -0.25) is 14.4 Å². The fourth-order valence-corrected chi connectivity index (χ4v) is 2.75. The lowest BCUT2D eigenvalue weighted by atomic mass is 10.1. The number of likely N-dealkylation sites (N-methyl/N-ethyl adjacent to an activating group) is 1. The van der Waals surface area contributed by atoms with Crippen LogP contribution in [0.15, 0.2) is 41.3 Å². The standard InChI is InChI=1S/C18H15F3N2O4/c1-10-17(26)22(2)13-7-11(3-5-15(13)27-10)14(24)9-23-8-12(18(19,20)21)4-6-16(23)25/h3-8,10H,9H2,1-2H3. The molecule has 1 aromatic heterocycles. The van der Waals surface area contributed by atoms with Crippen LogP contribution >= 0.6 is 0 Å². The monoisotopic (exact) mass is 380 g/mol. The number of Topliss-reactive ketones (excluding diaryl/α,β-unsaturated/α-hetero) is 1. The molecule has 1 aliphatic heterocycles. The highest BCUT2D eigenvalue weighted by Gasteiger charge is 2.32. The summed E-state index contributed by atoms with van der Waals surface area (Å²) < 4.78 is 44.6. The third-order valence-corrected chi connectivity index (χ3v) is 4.25. The molecule has 27 heavy (non-hydrogen) atoms. The van der Waals surface area contributed by atoms with Gasteiger partial charge >= 0.3 is 6.18 Å². The Kier molecular flexibility index (Phi) is 4.54. The van der Waals surface area contributed by atoms with Crippen LogP contribution in [0.4, 0.5) is 18.9 Å². The number of carbonyl (C=O) groups is 2. The highest BCUT2D eigenvalue weighted by Crippen LogP contribution is 2.34. The van der Waals surface area contributed by atoms with Gasteiger partial charge in [-0.1, -0.05) is 0 Å². The maximum atomic E-state index is 12.8. The number of pyridine rings is 1. The van der Waals surface area contributed by atoms with Crippen molar-refractivity contribution in [3.8, 4) is 5.75 Å². The molecule has 0 radical (unpaired) electrons. The number of halogens is 3. The molecule has 0 bridgehead atoms. The second-order valence-corrected chi connectivity index (χ2v) is 6.14. The largest absolute Gasteiger partial charge is 0.479 e. The molecule has 142 valence electrons. The van der Waals surface area contributed by atoms with Crippen molar-refractivity contribution in [3.05, 3.63) is 58.0 Å². The Balaban J connectivity index is 1.90. The van der Waals surface area contributed by atoms with Gasteiger partial charge in [0.2, 0.25) is 0 Å². The van der Waals surface area contributed by atoms with Crippen molar-refractivity contribution in [1.82, 2.24) is 4.57 Å². The maximum absolute atomic E-state index is 12.8. The molecule has 3 rings (SSSR count). The zero-order valence-corrected chi connectivity index (χ0v) is 14.4. The smallest absolute Gasteiger partial charge is 0.417 e. The van der Waals surface area contributed by atoms with Gasteiger partial charge in [0, 0.05) is 24.9 Å². The van der Waals surface area contributed by atoms with Crippen LogP contribution in [0.1, 0.15) is 22.8 Å². The van der Waals surface area contributed by atoms with Crippen LogP contribution in [0.2, 0.25) is 0 Å². The van der Waals surface area contributed by atoms with E-state index in [4.69, 9.17) is 4.74 Å². The van der Waals surface area contributed by atoms with E-state index < -0.39 is 35.7 Å². The molecular weight excluding hydrogens is 365 g/mol. The molecule has 6 nitrogen and oxygen atoms in total. The van der Waals surface area contributed by atoms with E-state index in [-0.39, 0.29) is 11.5 Å². The number of amides is 1. The number of hydrogen-bond acceptors (Lipinski definition) is 4. The Morgan fingerprint density at radius 2 is 1.89 bits per heavy atom. The molecule has 1 amide bonds. The van der Waals surface area contributed by atoms with Crippen molar-refractivity contribution < 1.29 is 27.5 Å². The lowest BCUT2D eigenvalue weighted by Crippen LogP contribution is -2.42. The fourth-order valence-electron chi connectivity index (χ4n) is 2.75. The predicted octanol–water partition coefficient (Wildman–Crippen LogP) is 2.49. The normalized spacial score (nSPS) is 16.7. The summed E-state index contributed by atoms with van der Waals surface area (Å²) in [6.07, 6.45) is -4.67. The van der Waals surface area contributed by atoms with Gasteiger partial charge < -0.3 is 14.2 Å². The third-order valence-electron chi connectivity index (χ3n) is 4.25. The van der Waals surface area contributed by atoms with Crippen molar-refractivity contribution in [1.29, 1.82) is 0 Å². The second-order valence-electron chi connectivity index (χ2n) is 6.14. The summed E-state index contributed by atoms with van der Waals surface area (Å²) >= 11 is 0. The molecule has 1 aromatic carbocycles. The van der Waals surface area contributed by atoms with Crippen LogP contribution in [-0.2, 0) is 17.5 Å². The van der Waals surface area contributed by atoms with Gasteiger partial charge in [-0.2, -0.15) is 13.2 Å². The van der Waals surface area contributed by atoms with E-state index in [1.165, 1.54) is 30.1 Å². The Bertz CT molecular complexity index is 981. The molecule has 0 N–H and O–H groups in total. The minimum Gasteiger partial charge on any atom is -0.479 e. The van der Waals surface area contributed by atoms with E-state index in [1.807, 2.05) is 0 Å². The highest BCUT2D eigenvalue weighted by molar-refractivity contribution is 6.02. The van der Waals surface area contributed by atoms with Crippen molar-refractivity contribution in [3.63, 3.8) is 0 Å². The number of rotatable bonds is 3. The fraction of sp³-hybridized carbons (Fsp3) is 0.278. The Morgan fingerprint density at radius 1 is 1.19 bits per heavy atom. The van der Waals surface area contributed by atoms with E-state index in [2.05, 4.69) is 0 Å². The summed E-state index contributed by atoms with van der Waals surface area (Å²) in [4.78, 5) is 37.6. The SMILES string of the molecule is CC1Oc2ccc(C(=O)Cn3cc(C(F)(F)F)ccc3=O)cc2N(C)C1=O.